The molecule has 1 heterocycles. The highest BCUT2D eigenvalue weighted by molar-refractivity contribution is 5.98. The van der Waals surface area contributed by atoms with Crippen LogP contribution in [0.15, 0.2) is 54.6 Å². The number of carboxylic acids is 1. The molecule has 0 aliphatic heterocycles. The topological polar surface area (TPSA) is 110 Å². The number of aromatic nitrogens is 1. The zero-order valence-corrected chi connectivity index (χ0v) is 19.1. The van der Waals surface area contributed by atoms with Crippen LogP contribution in [-0.4, -0.2) is 46.7 Å². The number of rotatable bonds is 8. The van der Waals surface area contributed by atoms with E-state index in [1.54, 1.807) is 24.3 Å². The van der Waals surface area contributed by atoms with Gasteiger partial charge in [-0.2, -0.15) is 0 Å². The van der Waals surface area contributed by atoms with Gasteiger partial charge < -0.3 is 25.0 Å². The van der Waals surface area contributed by atoms with Crippen LogP contribution in [0.2, 0.25) is 0 Å². The van der Waals surface area contributed by atoms with Crippen molar-refractivity contribution in [2.75, 3.05) is 13.1 Å². The number of para-hydroxylation sites is 1. The van der Waals surface area contributed by atoms with Crippen LogP contribution >= 0.6 is 0 Å². The first kappa shape index (κ1) is 23.4. The maximum atomic E-state index is 12.5. The molecule has 0 unspecified atom stereocenters. The molecule has 2 amide bonds. The number of nitrogens with one attached hydrogen (secondary N) is 2. The number of carboxylic acid groups (broad SMARTS) is 1. The minimum Gasteiger partial charge on any atom is -0.490 e. The van der Waals surface area contributed by atoms with Crippen LogP contribution in [0.25, 0.3) is 10.9 Å². The Bertz CT molecular complexity index is 1180. The van der Waals surface area contributed by atoms with Crippen LogP contribution in [-0.2, 0) is 11.8 Å². The first-order valence-electron chi connectivity index (χ1n) is 11.5. The molecular formula is C26H29N3O5. The molecule has 0 atom stereocenters. The van der Waals surface area contributed by atoms with Crippen LogP contribution in [0, 0.1) is 5.92 Å². The minimum absolute atomic E-state index is 0.000655. The Morgan fingerprint density at radius 2 is 1.59 bits per heavy atom. The lowest BCUT2D eigenvalue weighted by molar-refractivity contribution is -0.143. The third-order valence-corrected chi connectivity index (χ3v) is 6.32. The first-order valence-corrected chi connectivity index (χ1v) is 11.5. The van der Waals surface area contributed by atoms with E-state index in [2.05, 4.69) is 10.6 Å². The van der Waals surface area contributed by atoms with Crippen LogP contribution in [0.5, 0.6) is 5.75 Å². The summed E-state index contributed by atoms with van der Waals surface area (Å²) in [4.78, 5) is 36.0. The zero-order chi connectivity index (χ0) is 24.1. The highest BCUT2D eigenvalue weighted by Gasteiger charge is 2.26. The van der Waals surface area contributed by atoms with Gasteiger partial charge in [-0.05, 0) is 62.1 Å². The van der Waals surface area contributed by atoms with E-state index in [1.807, 2.05) is 41.9 Å². The van der Waals surface area contributed by atoms with Crippen molar-refractivity contribution in [1.29, 1.82) is 0 Å². The number of nitrogens with zero attached hydrogens (tertiary/aromatic N) is 1. The second kappa shape index (κ2) is 10.4. The second-order valence-electron chi connectivity index (χ2n) is 8.61. The number of aryl methyl sites for hydroxylation is 1. The molecule has 34 heavy (non-hydrogen) atoms. The molecule has 0 radical (unpaired) electrons. The molecule has 1 aliphatic carbocycles. The normalized spacial score (nSPS) is 17.8. The van der Waals surface area contributed by atoms with Gasteiger partial charge in [-0.15, -0.1) is 0 Å². The Hall–Kier alpha value is -3.81. The van der Waals surface area contributed by atoms with Gasteiger partial charge in [-0.3, -0.25) is 14.4 Å². The van der Waals surface area contributed by atoms with E-state index in [0.717, 1.165) is 10.9 Å². The zero-order valence-electron chi connectivity index (χ0n) is 19.1. The summed E-state index contributed by atoms with van der Waals surface area (Å²) in [6.45, 7) is 0.617. The molecule has 3 aromatic rings. The van der Waals surface area contributed by atoms with Crippen molar-refractivity contribution < 1.29 is 24.2 Å². The lowest BCUT2D eigenvalue weighted by Gasteiger charge is -2.26. The quantitative estimate of drug-likeness (QED) is 0.444. The van der Waals surface area contributed by atoms with Crippen molar-refractivity contribution in [2.24, 2.45) is 13.0 Å². The Kier molecular flexibility index (Phi) is 7.15. The van der Waals surface area contributed by atoms with Gasteiger partial charge in [0.1, 0.15) is 11.4 Å². The van der Waals surface area contributed by atoms with Crippen molar-refractivity contribution in [3.63, 3.8) is 0 Å². The van der Waals surface area contributed by atoms with Crippen LogP contribution < -0.4 is 15.4 Å². The van der Waals surface area contributed by atoms with E-state index in [9.17, 15) is 14.4 Å². The average molecular weight is 464 g/mol. The summed E-state index contributed by atoms with van der Waals surface area (Å²) in [5.74, 6) is -0.763. The third kappa shape index (κ3) is 5.39. The number of amides is 2. The van der Waals surface area contributed by atoms with Gasteiger partial charge in [0.15, 0.2) is 0 Å². The molecule has 8 heteroatoms. The fourth-order valence-corrected chi connectivity index (χ4v) is 4.36. The SMILES string of the molecule is Cn1c(C(=O)NCCNC(=O)c2ccc(O[C@H]3CC[C@@H](C(=O)O)CC3)cc2)cc2ccccc21. The average Bonchev–Trinajstić information content (AvgIpc) is 3.19. The first-order chi connectivity index (χ1) is 16.4. The summed E-state index contributed by atoms with van der Waals surface area (Å²) >= 11 is 0. The Morgan fingerprint density at radius 3 is 2.24 bits per heavy atom. The Morgan fingerprint density at radius 1 is 0.941 bits per heavy atom. The number of hydrogen-bond acceptors (Lipinski definition) is 4. The van der Waals surface area contributed by atoms with Gasteiger partial charge in [0.2, 0.25) is 0 Å². The Labute approximate surface area is 197 Å². The molecule has 0 spiro atoms. The molecule has 1 fully saturated rings. The highest BCUT2D eigenvalue weighted by Crippen LogP contribution is 2.28. The number of fused-ring (bicyclic) bond motifs is 1. The van der Waals surface area contributed by atoms with Crippen molar-refractivity contribution >= 4 is 28.7 Å². The fraction of sp³-hybridized carbons (Fsp3) is 0.346. The van der Waals surface area contributed by atoms with Crippen molar-refractivity contribution in [3.05, 3.63) is 65.9 Å². The van der Waals surface area contributed by atoms with E-state index in [1.165, 1.54) is 0 Å². The number of ether oxygens (including phenoxy) is 1. The summed E-state index contributed by atoms with van der Waals surface area (Å²) in [7, 11) is 1.85. The molecule has 1 aliphatic rings. The summed E-state index contributed by atoms with van der Waals surface area (Å²) < 4.78 is 7.79. The van der Waals surface area contributed by atoms with E-state index < -0.39 is 5.97 Å². The predicted octanol–water partition coefficient (Wildman–Crippen LogP) is 3.36. The molecule has 0 bridgehead atoms. The van der Waals surface area contributed by atoms with Crippen molar-refractivity contribution in [2.45, 2.75) is 31.8 Å². The summed E-state index contributed by atoms with van der Waals surface area (Å²) in [5, 5.41) is 15.7. The number of carbonyl (C=O) groups is 3. The fourth-order valence-electron chi connectivity index (χ4n) is 4.36. The molecule has 8 nitrogen and oxygen atoms in total. The molecule has 2 aromatic carbocycles. The third-order valence-electron chi connectivity index (χ3n) is 6.32. The van der Waals surface area contributed by atoms with Gasteiger partial charge >= 0.3 is 5.97 Å². The standard InChI is InChI=1S/C26H29N3O5/c1-29-22-5-3-2-4-19(22)16-23(29)25(31)28-15-14-27-24(30)17-6-10-20(11-7-17)34-21-12-8-18(9-13-21)26(32)33/h2-7,10-11,16,18,21H,8-9,12-15H2,1H3,(H,27,30)(H,28,31)(H,32,33)/t18-,21+. The lowest BCUT2D eigenvalue weighted by Crippen LogP contribution is -2.35. The summed E-state index contributed by atoms with van der Waals surface area (Å²) in [6, 6.07) is 16.5. The number of benzene rings is 2. The maximum Gasteiger partial charge on any atom is 0.306 e. The van der Waals surface area contributed by atoms with Gasteiger partial charge in [0.05, 0.1) is 12.0 Å². The van der Waals surface area contributed by atoms with Gasteiger partial charge in [-0.25, -0.2) is 0 Å². The lowest BCUT2D eigenvalue weighted by atomic mass is 9.87. The molecule has 1 saturated carbocycles. The predicted molar refractivity (Wildman–Crippen MR) is 128 cm³/mol. The smallest absolute Gasteiger partial charge is 0.306 e. The number of hydrogen-bond donors (Lipinski definition) is 3. The van der Waals surface area contributed by atoms with Crippen molar-refractivity contribution in [3.8, 4) is 5.75 Å². The number of carbonyl (C=O) groups excluding carboxylic acids is 2. The van der Waals surface area contributed by atoms with E-state index >= 15 is 0 Å². The summed E-state index contributed by atoms with van der Waals surface area (Å²) in [5.41, 5.74) is 2.06. The van der Waals surface area contributed by atoms with Gasteiger partial charge in [0, 0.05) is 36.6 Å². The molecule has 4 rings (SSSR count). The largest absolute Gasteiger partial charge is 0.490 e. The molecule has 3 N–H and O–H groups in total. The molecule has 0 saturated heterocycles. The van der Waals surface area contributed by atoms with Crippen LogP contribution in [0.3, 0.4) is 0 Å². The van der Waals surface area contributed by atoms with Crippen LogP contribution in [0.1, 0.15) is 46.5 Å². The van der Waals surface area contributed by atoms with E-state index in [0.29, 0.717) is 55.8 Å². The van der Waals surface area contributed by atoms with E-state index in [-0.39, 0.29) is 23.8 Å². The molecular weight excluding hydrogens is 434 g/mol. The molecule has 1 aromatic heterocycles. The highest BCUT2D eigenvalue weighted by atomic mass is 16.5. The molecule has 178 valence electrons. The second-order valence-corrected chi connectivity index (χ2v) is 8.61. The Balaban J connectivity index is 1.21. The maximum absolute atomic E-state index is 12.5. The van der Waals surface area contributed by atoms with Crippen LogP contribution in [0.4, 0.5) is 0 Å². The number of aliphatic carboxylic acids is 1. The van der Waals surface area contributed by atoms with E-state index in [4.69, 9.17) is 9.84 Å². The summed E-state index contributed by atoms with van der Waals surface area (Å²) in [6.07, 6.45) is 2.67. The monoisotopic (exact) mass is 463 g/mol. The minimum atomic E-state index is -0.734. The van der Waals surface area contributed by atoms with Gasteiger partial charge in [-0.1, -0.05) is 18.2 Å². The van der Waals surface area contributed by atoms with Gasteiger partial charge in [0.25, 0.3) is 11.8 Å². The van der Waals surface area contributed by atoms with Crippen molar-refractivity contribution in [1.82, 2.24) is 15.2 Å².